The molecule has 0 aliphatic heterocycles. The predicted molar refractivity (Wildman–Crippen MR) is 86.6 cm³/mol. The van der Waals surface area contributed by atoms with Gasteiger partial charge in [0.15, 0.2) is 0 Å². The van der Waals surface area contributed by atoms with Gasteiger partial charge in [-0.2, -0.15) is 10.2 Å². The number of hydrogen-bond donors (Lipinski definition) is 2. The number of rotatable bonds is 6. The molecule has 2 heterocycles. The Morgan fingerprint density at radius 2 is 2.09 bits per heavy atom. The van der Waals surface area contributed by atoms with Crippen LogP contribution in [0.4, 0.5) is 0 Å². The Kier molecular flexibility index (Phi) is 4.72. The number of nitrogens with zero attached hydrogens (tertiary/aromatic N) is 4. The Morgan fingerprint density at radius 3 is 2.59 bits per heavy atom. The number of aromatic nitrogens is 4. The van der Waals surface area contributed by atoms with Crippen molar-refractivity contribution in [2.24, 2.45) is 7.05 Å². The molecule has 0 fully saturated rings. The van der Waals surface area contributed by atoms with E-state index in [2.05, 4.69) is 36.3 Å². The molecule has 2 aromatic heterocycles. The van der Waals surface area contributed by atoms with Gasteiger partial charge in [0.2, 0.25) is 0 Å². The molecule has 2 unspecified atom stereocenters. The Morgan fingerprint density at radius 1 is 1.41 bits per heavy atom. The van der Waals surface area contributed by atoms with Crippen LogP contribution in [-0.2, 0) is 19.2 Å². The third-order valence-electron chi connectivity index (χ3n) is 4.25. The van der Waals surface area contributed by atoms with E-state index in [4.69, 9.17) is 0 Å². The fourth-order valence-corrected chi connectivity index (χ4v) is 2.90. The highest BCUT2D eigenvalue weighted by Gasteiger charge is 2.26. The van der Waals surface area contributed by atoms with E-state index in [1.165, 1.54) is 11.3 Å². The SMILES string of the molecule is CCn1nc(C)c(C(C)NCC(C)(O)c2cnn(C)c2)c1C. The fraction of sp³-hybridized carbons (Fsp3) is 0.625. The van der Waals surface area contributed by atoms with Gasteiger partial charge in [-0.15, -0.1) is 0 Å². The maximum absolute atomic E-state index is 10.6. The lowest BCUT2D eigenvalue weighted by Gasteiger charge is -2.25. The highest BCUT2D eigenvalue weighted by molar-refractivity contribution is 5.28. The lowest BCUT2D eigenvalue weighted by molar-refractivity contribution is 0.0542. The minimum absolute atomic E-state index is 0.128. The molecule has 6 nitrogen and oxygen atoms in total. The van der Waals surface area contributed by atoms with Crippen molar-refractivity contribution in [3.63, 3.8) is 0 Å². The summed E-state index contributed by atoms with van der Waals surface area (Å²) < 4.78 is 3.72. The second kappa shape index (κ2) is 6.22. The molecule has 0 bridgehead atoms. The number of nitrogens with one attached hydrogen (secondary N) is 1. The summed E-state index contributed by atoms with van der Waals surface area (Å²) in [5.41, 5.74) is 3.29. The van der Waals surface area contributed by atoms with Crippen LogP contribution in [0.25, 0.3) is 0 Å². The van der Waals surface area contributed by atoms with Crippen LogP contribution in [0.15, 0.2) is 12.4 Å². The first kappa shape index (κ1) is 16.7. The molecule has 0 amide bonds. The molecule has 6 heteroatoms. The maximum atomic E-state index is 10.6. The largest absolute Gasteiger partial charge is 0.384 e. The predicted octanol–water partition coefficient (Wildman–Crippen LogP) is 1.81. The summed E-state index contributed by atoms with van der Waals surface area (Å²) in [5, 5.41) is 22.8. The van der Waals surface area contributed by atoms with E-state index >= 15 is 0 Å². The molecular formula is C16H27N5O. The number of aliphatic hydroxyl groups is 1. The van der Waals surface area contributed by atoms with Gasteiger partial charge in [0.05, 0.1) is 11.9 Å². The zero-order chi connectivity index (χ0) is 16.5. The van der Waals surface area contributed by atoms with E-state index in [0.717, 1.165) is 17.8 Å². The monoisotopic (exact) mass is 305 g/mol. The van der Waals surface area contributed by atoms with Gasteiger partial charge in [-0.25, -0.2) is 0 Å². The van der Waals surface area contributed by atoms with Gasteiger partial charge in [0.1, 0.15) is 5.60 Å². The molecule has 0 saturated carbocycles. The Balaban J connectivity index is 2.09. The molecule has 2 N–H and O–H groups in total. The van der Waals surface area contributed by atoms with Crippen molar-refractivity contribution in [2.75, 3.05) is 6.54 Å². The van der Waals surface area contributed by atoms with Gasteiger partial charge < -0.3 is 10.4 Å². The van der Waals surface area contributed by atoms with Crippen molar-refractivity contribution in [2.45, 2.75) is 52.8 Å². The fourth-order valence-electron chi connectivity index (χ4n) is 2.90. The van der Waals surface area contributed by atoms with Crippen molar-refractivity contribution in [1.82, 2.24) is 24.9 Å². The number of aryl methyl sites for hydroxylation is 3. The number of hydrogen-bond acceptors (Lipinski definition) is 4. The molecule has 0 aliphatic rings. The van der Waals surface area contributed by atoms with Crippen LogP contribution >= 0.6 is 0 Å². The minimum atomic E-state index is -0.953. The van der Waals surface area contributed by atoms with Gasteiger partial charge in [0, 0.05) is 49.2 Å². The van der Waals surface area contributed by atoms with Gasteiger partial charge in [-0.05, 0) is 34.6 Å². The smallest absolute Gasteiger partial charge is 0.102 e. The highest BCUT2D eigenvalue weighted by Crippen LogP contribution is 2.24. The maximum Gasteiger partial charge on any atom is 0.102 e. The normalized spacial score (nSPS) is 15.8. The lowest BCUT2D eigenvalue weighted by Crippen LogP contribution is -2.36. The van der Waals surface area contributed by atoms with Gasteiger partial charge in [-0.1, -0.05) is 0 Å². The van der Waals surface area contributed by atoms with Gasteiger partial charge >= 0.3 is 0 Å². The Bertz CT molecular complexity index is 641. The van der Waals surface area contributed by atoms with E-state index < -0.39 is 5.60 Å². The zero-order valence-electron chi connectivity index (χ0n) is 14.4. The molecule has 2 atom stereocenters. The van der Waals surface area contributed by atoms with Crippen molar-refractivity contribution in [3.05, 3.63) is 34.9 Å². The highest BCUT2D eigenvalue weighted by atomic mass is 16.3. The van der Waals surface area contributed by atoms with Crippen LogP contribution in [-0.4, -0.2) is 31.2 Å². The minimum Gasteiger partial charge on any atom is -0.384 e. The molecule has 2 rings (SSSR count). The first-order valence-corrected chi connectivity index (χ1v) is 7.75. The van der Waals surface area contributed by atoms with E-state index in [9.17, 15) is 5.11 Å². The van der Waals surface area contributed by atoms with Crippen LogP contribution in [0.3, 0.4) is 0 Å². The van der Waals surface area contributed by atoms with Gasteiger partial charge in [-0.3, -0.25) is 9.36 Å². The average molecular weight is 305 g/mol. The summed E-state index contributed by atoms with van der Waals surface area (Å²) in [6, 6.07) is 0.128. The molecule has 0 spiro atoms. The summed E-state index contributed by atoms with van der Waals surface area (Å²) in [6.45, 7) is 11.5. The quantitative estimate of drug-likeness (QED) is 0.854. The van der Waals surface area contributed by atoms with Crippen molar-refractivity contribution >= 4 is 0 Å². The molecule has 0 aliphatic carbocycles. The summed E-state index contributed by atoms with van der Waals surface area (Å²) in [5.74, 6) is 0. The molecular weight excluding hydrogens is 278 g/mol. The van der Waals surface area contributed by atoms with Crippen molar-refractivity contribution < 1.29 is 5.11 Å². The average Bonchev–Trinajstić information content (AvgIpc) is 3.01. The third-order valence-corrected chi connectivity index (χ3v) is 4.25. The van der Waals surface area contributed by atoms with E-state index in [-0.39, 0.29) is 6.04 Å². The standard InChI is InChI=1S/C16H27N5O/c1-7-21-13(4)15(12(3)19-21)11(2)17-10-16(5,22)14-8-18-20(6)9-14/h8-9,11,17,22H,7,10H2,1-6H3. The van der Waals surface area contributed by atoms with Crippen LogP contribution in [0.2, 0.25) is 0 Å². The molecule has 0 aromatic carbocycles. The second-order valence-corrected chi connectivity index (χ2v) is 6.18. The van der Waals surface area contributed by atoms with E-state index in [1.807, 2.05) is 24.9 Å². The summed E-state index contributed by atoms with van der Waals surface area (Å²) in [7, 11) is 1.85. The van der Waals surface area contributed by atoms with Crippen LogP contribution in [0.5, 0.6) is 0 Å². The summed E-state index contributed by atoms with van der Waals surface area (Å²) in [4.78, 5) is 0. The van der Waals surface area contributed by atoms with E-state index in [0.29, 0.717) is 6.54 Å². The summed E-state index contributed by atoms with van der Waals surface area (Å²) in [6.07, 6.45) is 3.55. The van der Waals surface area contributed by atoms with Crippen molar-refractivity contribution in [3.8, 4) is 0 Å². The van der Waals surface area contributed by atoms with Crippen LogP contribution < -0.4 is 5.32 Å². The molecule has 22 heavy (non-hydrogen) atoms. The van der Waals surface area contributed by atoms with E-state index in [1.54, 1.807) is 17.8 Å². The van der Waals surface area contributed by atoms with Crippen LogP contribution in [0.1, 0.15) is 49.3 Å². The third kappa shape index (κ3) is 3.23. The Labute approximate surface area is 132 Å². The topological polar surface area (TPSA) is 67.9 Å². The first-order valence-electron chi connectivity index (χ1n) is 7.75. The molecule has 0 radical (unpaired) electrons. The first-order chi connectivity index (χ1) is 10.3. The lowest BCUT2D eigenvalue weighted by atomic mass is 9.98. The van der Waals surface area contributed by atoms with Crippen LogP contribution in [0, 0.1) is 13.8 Å². The molecule has 0 saturated heterocycles. The second-order valence-electron chi connectivity index (χ2n) is 6.18. The molecule has 2 aromatic rings. The van der Waals surface area contributed by atoms with Crippen molar-refractivity contribution in [1.29, 1.82) is 0 Å². The van der Waals surface area contributed by atoms with Gasteiger partial charge in [0.25, 0.3) is 0 Å². The Hall–Kier alpha value is -1.66. The zero-order valence-corrected chi connectivity index (χ0v) is 14.4. The molecule has 122 valence electrons. The summed E-state index contributed by atoms with van der Waals surface area (Å²) >= 11 is 0.